The van der Waals surface area contributed by atoms with E-state index in [0.717, 1.165) is 5.56 Å². The summed E-state index contributed by atoms with van der Waals surface area (Å²) in [5.74, 6) is 0.136. The van der Waals surface area contributed by atoms with Crippen LogP contribution in [0.2, 0.25) is 0 Å². The monoisotopic (exact) mass is 251 g/mol. The van der Waals surface area contributed by atoms with Crippen LogP contribution in [0.3, 0.4) is 0 Å². The molecule has 0 radical (unpaired) electrons. The Hall–Kier alpha value is -1.75. The standard InChI is InChI=1S/C12H13NO3S/c1-16-11(14)8-5-9-17-12(13-15)10-6-3-2-4-7-10/h2-8,15H,9H2,1H3/b8-5+,13-12-. The first-order valence-corrected chi connectivity index (χ1v) is 5.91. The van der Waals surface area contributed by atoms with E-state index in [-0.39, 0.29) is 0 Å². The number of rotatable bonds is 4. The van der Waals surface area contributed by atoms with E-state index >= 15 is 0 Å². The molecular formula is C12H13NO3S. The molecule has 4 nitrogen and oxygen atoms in total. The second kappa shape index (κ2) is 7.51. The summed E-state index contributed by atoms with van der Waals surface area (Å²) in [6.45, 7) is 0. The highest BCUT2D eigenvalue weighted by atomic mass is 32.2. The van der Waals surface area contributed by atoms with Crippen LogP contribution in [-0.4, -0.2) is 29.1 Å². The minimum Gasteiger partial charge on any atom is -0.466 e. The van der Waals surface area contributed by atoms with E-state index in [1.807, 2.05) is 30.3 Å². The fourth-order valence-electron chi connectivity index (χ4n) is 1.09. The summed E-state index contributed by atoms with van der Waals surface area (Å²) in [7, 11) is 1.32. The number of hydrogen-bond acceptors (Lipinski definition) is 5. The normalized spacial score (nSPS) is 11.7. The molecule has 0 aromatic heterocycles. The number of esters is 1. The summed E-state index contributed by atoms with van der Waals surface area (Å²) in [5, 5.41) is 12.6. The Morgan fingerprint density at radius 1 is 1.47 bits per heavy atom. The second-order valence-electron chi connectivity index (χ2n) is 3.01. The molecule has 90 valence electrons. The molecule has 0 atom stereocenters. The van der Waals surface area contributed by atoms with Gasteiger partial charge in [-0.2, -0.15) is 0 Å². The number of methoxy groups -OCH3 is 1. The Bertz CT molecular complexity index is 415. The Labute approximate surface area is 104 Å². The average molecular weight is 251 g/mol. The molecule has 5 heteroatoms. The summed E-state index contributed by atoms with van der Waals surface area (Å²) in [5.41, 5.74) is 0.839. The van der Waals surface area contributed by atoms with E-state index in [0.29, 0.717) is 10.8 Å². The zero-order valence-corrected chi connectivity index (χ0v) is 10.2. The van der Waals surface area contributed by atoms with E-state index in [1.54, 1.807) is 6.08 Å². The number of hydrogen-bond donors (Lipinski definition) is 1. The van der Waals surface area contributed by atoms with Crippen LogP contribution in [0.1, 0.15) is 5.56 Å². The Kier molecular flexibility index (Phi) is 5.88. The number of carbonyl (C=O) groups is 1. The van der Waals surface area contributed by atoms with Gasteiger partial charge in [-0.1, -0.05) is 53.3 Å². The second-order valence-corrected chi connectivity index (χ2v) is 4.02. The molecule has 1 aromatic rings. The van der Waals surface area contributed by atoms with Gasteiger partial charge in [0.15, 0.2) is 0 Å². The van der Waals surface area contributed by atoms with Crippen molar-refractivity contribution >= 4 is 22.8 Å². The largest absolute Gasteiger partial charge is 0.466 e. The predicted octanol–water partition coefficient (Wildman–Crippen LogP) is 2.28. The number of carbonyl (C=O) groups excluding carboxylic acids is 1. The summed E-state index contributed by atoms with van der Waals surface area (Å²) in [6.07, 6.45) is 3.00. The fraction of sp³-hybridized carbons (Fsp3) is 0.167. The average Bonchev–Trinajstić information content (AvgIpc) is 2.39. The van der Waals surface area contributed by atoms with Crippen molar-refractivity contribution in [2.24, 2.45) is 5.16 Å². The van der Waals surface area contributed by atoms with Gasteiger partial charge in [-0.05, 0) is 0 Å². The smallest absolute Gasteiger partial charge is 0.330 e. The third-order valence-electron chi connectivity index (χ3n) is 1.88. The molecule has 0 saturated carbocycles. The van der Waals surface area contributed by atoms with E-state index < -0.39 is 5.97 Å². The number of nitrogens with zero attached hydrogens (tertiary/aromatic N) is 1. The van der Waals surface area contributed by atoms with Crippen molar-refractivity contribution < 1.29 is 14.7 Å². The first kappa shape index (κ1) is 13.3. The highest BCUT2D eigenvalue weighted by molar-refractivity contribution is 8.14. The van der Waals surface area contributed by atoms with Crippen LogP contribution in [0, 0.1) is 0 Å². The zero-order chi connectivity index (χ0) is 12.5. The quantitative estimate of drug-likeness (QED) is 0.223. The van der Waals surface area contributed by atoms with Crippen LogP contribution in [0.25, 0.3) is 0 Å². The summed E-state index contributed by atoms with van der Waals surface area (Å²) >= 11 is 1.33. The molecule has 0 fully saturated rings. The first-order valence-electron chi connectivity index (χ1n) is 4.92. The lowest BCUT2D eigenvalue weighted by molar-refractivity contribution is -0.134. The molecule has 0 aliphatic carbocycles. The summed E-state index contributed by atoms with van der Waals surface area (Å²) in [4.78, 5) is 10.8. The number of thioether (sulfide) groups is 1. The van der Waals surface area contributed by atoms with Gasteiger partial charge in [-0.3, -0.25) is 0 Å². The molecule has 0 spiro atoms. The third-order valence-corrected chi connectivity index (χ3v) is 2.83. The molecule has 1 aromatic carbocycles. The van der Waals surface area contributed by atoms with Crippen molar-refractivity contribution in [3.63, 3.8) is 0 Å². The lowest BCUT2D eigenvalue weighted by Crippen LogP contribution is -1.97. The maximum atomic E-state index is 10.8. The van der Waals surface area contributed by atoms with Crippen LogP contribution in [-0.2, 0) is 9.53 Å². The summed E-state index contributed by atoms with van der Waals surface area (Å²) < 4.78 is 4.45. The molecule has 0 heterocycles. The Morgan fingerprint density at radius 2 is 2.18 bits per heavy atom. The highest BCUT2D eigenvalue weighted by Gasteiger charge is 2.02. The topological polar surface area (TPSA) is 58.9 Å². The van der Waals surface area contributed by atoms with Crippen LogP contribution in [0.15, 0.2) is 47.6 Å². The number of ether oxygens (including phenoxy) is 1. The van der Waals surface area contributed by atoms with Crippen LogP contribution in [0.4, 0.5) is 0 Å². The van der Waals surface area contributed by atoms with Crippen molar-refractivity contribution in [2.75, 3.05) is 12.9 Å². The van der Waals surface area contributed by atoms with Gasteiger partial charge in [-0.25, -0.2) is 4.79 Å². The number of oxime groups is 1. The molecule has 0 unspecified atom stereocenters. The minimum atomic E-state index is -0.396. The minimum absolute atomic E-state index is 0.396. The van der Waals surface area contributed by atoms with Crippen LogP contribution in [0.5, 0.6) is 0 Å². The van der Waals surface area contributed by atoms with Gasteiger partial charge in [0.25, 0.3) is 0 Å². The van der Waals surface area contributed by atoms with Crippen molar-refractivity contribution in [3.05, 3.63) is 48.0 Å². The molecule has 0 amide bonds. The fourth-order valence-corrected chi connectivity index (χ4v) is 1.80. The van der Waals surface area contributed by atoms with E-state index in [9.17, 15) is 4.79 Å². The van der Waals surface area contributed by atoms with Gasteiger partial charge in [0.05, 0.1) is 7.11 Å². The molecule has 17 heavy (non-hydrogen) atoms. The van der Waals surface area contributed by atoms with Crippen molar-refractivity contribution in [1.29, 1.82) is 0 Å². The van der Waals surface area contributed by atoms with Gasteiger partial charge in [0.2, 0.25) is 0 Å². The maximum Gasteiger partial charge on any atom is 0.330 e. The van der Waals surface area contributed by atoms with Gasteiger partial charge in [-0.15, -0.1) is 0 Å². The van der Waals surface area contributed by atoms with E-state index in [1.165, 1.54) is 24.9 Å². The maximum absolute atomic E-state index is 10.8. The van der Waals surface area contributed by atoms with Crippen molar-refractivity contribution in [1.82, 2.24) is 0 Å². The predicted molar refractivity (Wildman–Crippen MR) is 68.4 cm³/mol. The van der Waals surface area contributed by atoms with E-state index in [4.69, 9.17) is 5.21 Å². The molecular weight excluding hydrogens is 238 g/mol. The van der Waals surface area contributed by atoms with Gasteiger partial charge >= 0.3 is 5.97 Å². The molecule has 1 N–H and O–H groups in total. The zero-order valence-electron chi connectivity index (χ0n) is 9.37. The molecule has 0 bridgehead atoms. The van der Waals surface area contributed by atoms with Crippen molar-refractivity contribution in [2.45, 2.75) is 0 Å². The SMILES string of the molecule is COC(=O)/C=C/CS/C(=N\O)c1ccccc1. The molecule has 0 saturated heterocycles. The van der Waals surface area contributed by atoms with Crippen molar-refractivity contribution in [3.8, 4) is 0 Å². The van der Waals surface area contributed by atoms with Crippen LogP contribution >= 0.6 is 11.8 Å². The molecule has 0 aliphatic rings. The third kappa shape index (κ3) is 4.74. The van der Waals surface area contributed by atoms with E-state index in [2.05, 4.69) is 9.89 Å². The lowest BCUT2D eigenvalue weighted by Gasteiger charge is -2.01. The van der Waals surface area contributed by atoms with Crippen LogP contribution < -0.4 is 0 Å². The lowest BCUT2D eigenvalue weighted by atomic mass is 10.2. The molecule has 0 aliphatic heterocycles. The van der Waals surface area contributed by atoms with Gasteiger partial charge < -0.3 is 9.94 Å². The van der Waals surface area contributed by atoms with Gasteiger partial charge in [0, 0.05) is 17.4 Å². The Morgan fingerprint density at radius 3 is 2.76 bits per heavy atom. The Balaban J connectivity index is 2.50. The number of benzene rings is 1. The summed E-state index contributed by atoms with van der Waals surface area (Å²) in [6, 6.07) is 9.33. The van der Waals surface area contributed by atoms with Gasteiger partial charge in [0.1, 0.15) is 5.04 Å². The molecule has 1 rings (SSSR count). The highest BCUT2D eigenvalue weighted by Crippen LogP contribution is 2.13. The first-order chi connectivity index (χ1) is 8.27.